The van der Waals surface area contributed by atoms with Gasteiger partial charge in [-0.25, -0.2) is 0 Å². The number of nitrogens with two attached hydrogens (primary N) is 1. The second kappa shape index (κ2) is 4.11. The molecule has 0 aliphatic carbocycles. The maximum Gasteiger partial charge on any atom is 0.305 e. The second-order valence-electron chi connectivity index (χ2n) is 3.20. The monoisotopic (exact) mass is 195 g/mol. The van der Waals surface area contributed by atoms with Crippen molar-refractivity contribution in [2.24, 2.45) is 5.73 Å². The van der Waals surface area contributed by atoms with Gasteiger partial charge in [0.2, 0.25) is 0 Å². The van der Waals surface area contributed by atoms with E-state index in [-0.39, 0.29) is 12.2 Å². The maximum absolute atomic E-state index is 10.4. The third kappa shape index (κ3) is 2.23. The minimum absolute atomic E-state index is 0.135. The minimum atomic E-state index is -0.944. The predicted octanol–water partition coefficient (Wildman–Crippen LogP) is 1.18. The van der Waals surface area contributed by atoms with Crippen LogP contribution in [0.2, 0.25) is 0 Å². The summed E-state index contributed by atoms with van der Waals surface area (Å²) in [4.78, 5) is 10.4. The molecule has 1 aromatic rings. The van der Waals surface area contributed by atoms with Crippen molar-refractivity contribution in [1.29, 1.82) is 0 Å². The molecule has 0 aromatic heterocycles. The summed E-state index contributed by atoms with van der Waals surface area (Å²) in [6.45, 7) is 1.71. The number of carboxylic acid groups (broad SMARTS) is 1. The Kier molecular flexibility index (Phi) is 3.09. The number of carbonyl (C=O) groups is 1. The summed E-state index contributed by atoms with van der Waals surface area (Å²) in [5, 5.41) is 17.9. The molecular formula is C10H13NO3. The van der Waals surface area contributed by atoms with Crippen LogP contribution in [0.1, 0.15) is 23.6 Å². The van der Waals surface area contributed by atoms with Crippen molar-refractivity contribution in [3.8, 4) is 5.75 Å². The van der Waals surface area contributed by atoms with Crippen molar-refractivity contribution >= 4 is 5.97 Å². The van der Waals surface area contributed by atoms with Crippen LogP contribution in [0.15, 0.2) is 18.2 Å². The highest BCUT2D eigenvalue weighted by atomic mass is 16.4. The van der Waals surface area contributed by atoms with Crippen LogP contribution < -0.4 is 5.73 Å². The van der Waals surface area contributed by atoms with Crippen molar-refractivity contribution in [3.05, 3.63) is 29.3 Å². The van der Waals surface area contributed by atoms with E-state index < -0.39 is 12.0 Å². The zero-order valence-electron chi connectivity index (χ0n) is 7.90. The van der Waals surface area contributed by atoms with Crippen molar-refractivity contribution in [2.75, 3.05) is 0 Å². The lowest BCUT2D eigenvalue weighted by Crippen LogP contribution is -2.16. The van der Waals surface area contributed by atoms with E-state index in [1.807, 2.05) is 0 Å². The van der Waals surface area contributed by atoms with Crippen LogP contribution in [0.5, 0.6) is 5.75 Å². The average molecular weight is 195 g/mol. The number of aromatic hydroxyl groups is 1. The summed E-state index contributed by atoms with van der Waals surface area (Å²) in [7, 11) is 0. The summed E-state index contributed by atoms with van der Waals surface area (Å²) >= 11 is 0. The van der Waals surface area contributed by atoms with Crippen molar-refractivity contribution in [1.82, 2.24) is 0 Å². The summed E-state index contributed by atoms with van der Waals surface area (Å²) in [6.07, 6.45) is -0.135. The molecule has 0 heterocycles. The summed E-state index contributed by atoms with van der Waals surface area (Å²) < 4.78 is 0. The first kappa shape index (κ1) is 10.5. The molecule has 0 bridgehead atoms. The van der Waals surface area contributed by atoms with E-state index in [1.54, 1.807) is 25.1 Å². The standard InChI is InChI=1S/C10H13NO3/c1-6-7(3-2-4-9(6)12)8(11)5-10(13)14/h2-4,8,12H,5,11H2,1H3,(H,13,14)/t8-/m1/s1. The number of carboxylic acids is 1. The van der Waals surface area contributed by atoms with Gasteiger partial charge in [0, 0.05) is 6.04 Å². The minimum Gasteiger partial charge on any atom is -0.508 e. The van der Waals surface area contributed by atoms with Gasteiger partial charge in [-0.2, -0.15) is 0 Å². The zero-order valence-corrected chi connectivity index (χ0v) is 7.90. The van der Waals surface area contributed by atoms with Gasteiger partial charge in [0.25, 0.3) is 0 Å². The Balaban J connectivity index is 2.95. The molecule has 0 saturated heterocycles. The van der Waals surface area contributed by atoms with Crippen molar-refractivity contribution in [3.63, 3.8) is 0 Å². The number of aliphatic carboxylic acids is 1. The van der Waals surface area contributed by atoms with E-state index in [1.165, 1.54) is 0 Å². The maximum atomic E-state index is 10.4. The molecule has 1 rings (SSSR count). The molecule has 4 N–H and O–H groups in total. The van der Waals surface area contributed by atoms with Crippen LogP contribution in [0.25, 0.3) is 0 Å². The van der Waals surface area contributed by atoms with Crippen LogP contribution in [-0.2, 0) is 4.79 Å². The number of rotatable bonds is 3. The zero-order chi connectivity index (χ0) is 10.7. The van der Waals surface area contributed by atoms with Crippen LogP contribution >= 0.6 is 0 Å². The summed E-state index contributed by atoms with van der Waals surface area (Å²) in [5.74, 6) is -0.802. The van der Waals surface area contributed by atoms with Gasteiger partial charge in [0.05, 0.1) is 6.42 Å². The highest BCUT2D eigenvalue weighted by Gasteiger charge is 2.13. The van der Waals surface area contributed by atoms with Crippen molar-refractivity contribution < 1.29 is 15.0 Å². The number of hydrogen-bond donors (Lipinski definition) is 3. The Bertz CT molecular complexity index is 349. The fraction of sp³-hybridized carbons (Fsp3) is 0.300. The SMILES string of the molecule is Cc1c(O)cccc1[C@H](N)CC(=O)O. The first-order valence-corrected chi connectivity index (χ1v) is 4.28. The third-order valence-corrected chi connectivity index (χ3v) is 2.14. The molecule has 0 amide bonds. The summed E-state index contributed by atoms with van der Waals surface area (Å²) in [5.41, 5.74) is 6.99. The predicted molar refractivity (Wildman–Crippen MR) is 52.0 cm³/mol. The lowest BCUT2D eigenvalue weighted by molar-refractivity contribution is -0.137. The number of benzene rings is 1. The fourth-order valence-corrected chi connectivity index (χ4v) is 1.34. The van der Waals surface area contributed by atoms with Gasteiger partial charge in [-0.3, -0.25) is 4.79 Å². The molecule has 1 atom stereocenters. The smallest absolute Gasteiger partial charge is 0.305 e. The van der Waals surface area contributed by atoms with Crippen LogP contribution in [0, 0.1) is 6.92 Å². The molecule has 4 heteroatoms. The second-order valence-corrected chi connectivity index (χ2v) is 3.20. The molecule has 1 aromatic carbocycles. The molecule has 0 aliphatic heterocycles. The normalized spacial score (nSPS) is 12.4. The number of hydrogen-bond acceptors (Lipinski definition) is 3. The number of phenolic OH excluding ortho intramolecular Hbond substituents is 1. The Morgan fingerprint density at radius 2 is 2.21 bits per heavy atom. The molecule has 0 fully saturated rings. The topological polar surface area (TPSA) is 83.5 Å². The van der Waals surface area contributed by atoms with Crippen LogP contribution in [-0.4, -0.2) is 16.2 Å². The molecule has 4 nitrogen and oxygen atoms in total. The van der Waals surface area contributed by atoms with E-state index >= 15 is 0 Å². The van der Waals surface area contributed by atoms with Gasteiger partial charge in [0.1, 0.15) is 5.75 Å². The van der Waals surface area contributed by atoms with E-state index in [9.17, 15) is 9.90 Å². The molecule has 0 saturated carbocycles. The first-order valence-electron chi connectivity index (χ1n) is 4.28. The summed E-state index contributed by atoms with van der Waals surface area (Å²) in [6, 6.07) is 4.36. The lowest BCUT2D eigenvalue weighted by Gasteiger charge is -2.13. The van der Waals surface area contributed by atoms with E-state index in [2.05, 4.69) is 0 Å². The van der Waals surface area contributed by atoms with Gasteiger partial charge in [-0.05, 0) is 24.1 Å². The molecule has 0 unspecified atom stereocenters. The Morgan fingerprint density at radius 3 is 2.79 bits per heavy atom. The number of phenols is 1. The van der Waals surface area contributed by atoms with Gasteiger partial charge in [0.15, 0.2) is 0 Å². The van der Waals surface area contributed by atoms with E-state index in [0.29, 0.717) is 11.1 Å². The van der Waals surface area contributed by atoms with Crippen molar-refractivity contribution in [2.45, 2.75) is 19.4 Å². The highest BCUT2D eigenvalue weighted by Crippen LogP contribution is 2.25. The highest BCUT2D eigenvalue weighted by molar-refractivity contribution is 5.68. The largest absolute Gasteiger partial charge is 0.508 e. The molecule has 0 spiro atoms. The van der Waals surface area contributed by atoms with Gasteiger partial charge >= 0.3 is 5.97 Å². The van der Waals surface area contributed by atoms with Crippen LogP contribution in [0.3, 0.4) is 0 Å². The Hall–Kier alpha value is -1.55. The van der Waals surface area contributed by atoms with Gasteiger partial charge in [-0.1, -0.05) is 12.1 Å². The fourth-order valence-electron chi connectivity index (χ4n) is 1.34. The quantitative estimate of drug-likeness (QED) is 0.676. The lowest BCUT2D eigenvalue weighted by atomic mass is 9.99. The first-order chi connectivity index (χ1) is 6.52. The molecule has 14 heavy (non-hydrogen) atoms. The molecule has 76 valence electrons. The molecule has 0 aliphatic rings. The van der Waals surface area contributed by atoms with Crippen LogP contribution in [0.4, 0.5) is 0 Å². The van der Waals surface area contributed by atoms with E-state index in [4.69, 9.17) is 10.8 Å². The van der Waals surface area contributed by atoms with E-state index in [0.717, 1.165) is 0 Å². The Labute approximate surface area is 82.0 Å². The Morgan fingerprint density at radius 1 is 1.57 bits per heavy atom. The molecular weight excluding hydrogens is 182 g/mol. The average Bonchev–Trinajstić information content (AvgIpc) is 2.08. The molecule has 0 radical (unpaired) electrons. The third-order valence-electron chi connectivity index (χ3n) is 2.14. The van der Waals surface area contributed by atoms with Gasteiger partial charge in [-0.15, -0.1) is 0 Å². The van der Waals surface area contributed by atoms with Gasteiger partial charge < -0.3 is 15.9 Å².